The third-order valence-corrected chi connectivity index (χ3v) is 8.57. The quantitative estimate of drug-likeness (QED) is 0.531. The first-order valence-corrected chi connectivity index (χ1v) is 9.75. The minimum atomic E-state index is -0.517. The van der Waals surface area contributed by atoms with Crippen molar-refractivity contribution < 1.29 is 9.92 Å². The standard InChI is InChI=1S/C19H31NO3/c1-18-9-5-7-14(18)13-12-17(23-20(21)22)16-6-3-4-10-19(16,2)15(13)8-11-18/h13-17H,3-12H2,1-2H3/t13-,14-,15-,16+,17?,18-,19+/m0/s1. The number of hydrogen-bond donors (Lipinski definition) is 0. The molecule has 4 aliphatic carbocycles. The van der Waals surface area contributed by atoms with Gasteiger partial charge >= 0.3 is 0 Å². The molecule has 4 rings (SSSR count). The lowest BCUT2D eigenvalue weighted by Gasteiger charge is -2.61. The molecule has 0 N–H and O–H groups in total. The van der Waals surface area contributed by atoms with Crippen molar-refractivity contribution >= 4 is 0 Å². The minimum Gasteiger partial charge on any atom is -0.310 e. The van der Waals surface area contributed by atoms with Crippen LogP contribution in [-0.2, 0) is 4.84 Å². The van der Waals surface area contributed by atoms with Crippen LogP contribution in [0.15, 0.2) is 0 Å². The van der Waals surface area contributed by atoms with Crippen LogP contribution in [0.4, 0.5) is 0 Å². The first-order valence-electron chi connectivity index (χ1n) is 9.75. The molecule has 23 heavy (non-hydrogen) atoms. The lowest BCUT2D eigenvalue weighted by molar-refractivity contribution is -0.773. The largest absolute Gasteiger partial charge is 0.310 e. The maximum absolute atomic E-state index is 11.1. The van der Waals surface area contributed by atoms with Crippen LogP contribution in [0.25, 0.3) is 0 Å². The Labute approximate surface area is 139 Å². The van der Waals surface area contributed by atoms with Crippen LogP contribution in [0.1, 0.15) is 78.1 Å². The van der Waals surface area contributed by atoms with Crippen molar-refractivity contribution in [1.29, 1.82) is 0 Å². The summed E-state index contributed by atoms with van der Waals surface area (Å²) in [7, 11) is 0. The Kier molecular flexibility index (Phi) is 3.66. The highest BCUT2D eigenvalue weighted by atomic mass is 17.0. The molecule has 0 spiro atoms. The van der Waals surface area contributed by atoms with Gasteiger partial charge in [0, 0.05) is 0 Å². The lowest BCUT2D eigenvalue weighted by atomic mass is 9.45. The summed E-state index contributed by atoms with van der Waals surface area (Å²) in [5.41, 5.74) is 0.768. The van der Waals surface area contributed by atoms with E-state index in [-0.39, 0.29) is 11.5 Å². The van der Waals surface area contributed by atoms with E-state index in [4.69, 9.17) is 4.84 Å². The molecule has 4 fully saturated rings. The van der Waals surface area contributed by atoms with Crippen LogP contribution < -0.4 is 0 Å². The van der Waals surface area contributed by atoms with E-state index >= 15 is 0 Å². The van der Waals surface area contributed by atoms with Gasteiger partial charge in [0.1, 0.15) is 6.10 Å². The van der Waals surface area contributed by atoms with Gasteiger partial charge in [0.2, 0.25) is 0 Å². The van der Waals surface area contributed by atoms with Gasteiger partial charge in [0.05, 0.1) is 0 Å². The van der Waals surface area contributed by atoms with Crippen molar-refractivity contribution in [2.45, 2.75) is 84.2 Å². The number of hydrogen-bond acceptors (Lipinski definition) is 3. The molecule has 0 aromatic rings. The fourth-order valence-electron chi connectivity index (χ4n) is 7.54. The second kappa shape index (κ2) is 5.35. The van der Waals surface area contributed by atoms with Crippen LogP contribution in [0.3, 0.4) is 0 Å². The topological polar surface area (TPSA) is 52.4 Å². The van der Waals surface area contributed by atoms with E-state index in [2.05, 4.69) is 13.8 Å². The van der Waals surface area contributed by atoms with E-state index in [0.717, 1.165) is 24.7 Å². The summed E-state index contributed by atoms with van der Waals surface area (Å²) in [4.78, 5) is 16.4. The highest BCUT2D eigenvalue weighted by Crippen LogP contribution is 2.66. The molecule has 0 aromatic heterocycles. The Bertz CT molecular complexity index is 495. The summed E-state index contributed by atoms with van der Waals surface area (Å²) in [5.74, 6) is 2.60. The lowest BCUT2D eigenvalue weighted by Crippen LogP contribution is -2.57. The second-order valence-electron chi connectivity index (χ2n) is 9.42. The average molecular weight is 321 g/mol. The Morgan fingerprint density at radius 2 is 1.74 bits per heavy atom. The highest BCUT2D eigenvalue weighted by Gasteiger charge is 2.60. The molecule has 0 saturated heterocycles. The van der Waals surface area contributed by atoms with E-state index in [1.54, 1.807) is 0 Å². The third kappa shape index (κ3) is 2.31. The monoisotopic (exact) mass is 321 g/mol. The average Bonchev–Trinajstić information content (AvgIpc) is 2.88. The first-order chi connectivity index (χ1) is 10.9. The summed E-state index contributed by atoms with van der Waals surface area (Å²) < 4.78 is 0. The molecule has 4 saturated carbocycles. The molecular weight excluding hydrogens is 290 g/mol. The maximum Gasteiger partial charge on any atom is 0.294 e. The molecule has 130 valence electrons. The zero-order valence-electron chi connectivity index (χ0n) is 14.6. The Hall–Kier alpha value is -0.800. The molecule has 4 aliphatic rings. The number of fused-ring (bicyclic) bond motifs is 5. The highest BCUT2D eigenvalue weighted by molar-refractivity contribution is 5.08. The molecule has 4 heteroatoms. The zero-order valence-corrected chi connectivity index (χ0v) is 14.6. The predicted octanol–water partition coefficient (Wildman–Crippen LogP) is 5.00. The first kappa shape index (κ1) is 15.7. The summed E-state index contributed by atoms with van der Waals surface area (Å²) >= 11 is 0. The molecule has 1 unspecified atom stereocenters. The van der Waals surface area contributed by atoms with E-state index in [1.807, 2.05) is 0 Å². The molecule has 0 amide bonds. The summed E-state index contributed by atoms with van der Waals surface area (Å²) in [5, 5.41) is 10.6. The molecule has 0 bridgehead atoms. The second-order valence-corrected chi connectivity index (χ2v) is 9.42. The minimum absolute atomic E-state index is 0.153. The molecule has 4 nitrogen and oxygen atoms in total. The Balaban J connectivity index is 1.68. The zero-order chi connectivity index (χ0) is 16.2. The van der Waals surface area contributed by atoms with Crippen molar-refractivity contribution in [1.82, 2.24) is 0 Å². The van der Waals surface area contributed by atoms with Crippen molar-refractivity contribution in [3.63, 3.8) is 0 Å². The van der Waals surface area contributed by atoms with Crippen LogP contribution in [-0.4, -0.2) is 11.2 Å². The summed E-state index contributed by atoms with van der Waals surface area (Å²) in [6.45, 7) is 4.93. The Morgan fingerprint density at radius 1 is 0.957 bits per heavy atom. The normalized spacial score (nSPS) is 52.2. The molecular formula is C19H31NO3. The van der Waals surface area contributed by atoms with Crippen molar-refractivity contribution in [3.8, 4) is 0 Å². The summed E-state index contributed by atoms with van der Waals surface area (Å²) in [6, 6.07) is 0. The van der Waals surface area contributed by atoms with Gasteiger partial charge in [-0.25, -0.2) is 0 Å². The van der Waals surface area contributed by atoms with Gasteiger partial charge < -0.3 is 4.84 Å². The van der Waals surface area contributed by atoms with Gasteiger partial charge in [-0.1, -0.05) is 33.1 Å². The van der Waals surface area contributed by atoms with Crippen molar-refractivity contribution in [2.75, 3.05) is 0 Å². The van der Waals surface area contributed by atoms with Gasteiger partial charge in [-0.2, -0.15) is 0 Å². The van der Waals surface area contributed by atoms with Gasteiger partial charge in [-0.15, -0.1) is 10.1 Å². The maximum atomic E-state index is 11.1. The third-order valence-electron chi connectivity index (χ3n) is 8.57. The smallest absolute Gasteiger partial charge is 0.294 e. The van der Waals surface area contributed by atoms with Crippen LogP contribution in [0.5, 0.6) is 0 Å². The molecule has 0 radical (unpaired) electrons. The fraction of sp³-hybridized carbons (Fsp3) is 1.00. The molecule has 0 aliphatic heterocycles. The van der Waals surface area contributed by atoms with Crippen molar-refractivity contribution in [3.05, 3.63) is 10.1 Å². The van der Waals surface area contributed by atoms with E-state index < -0.39 is 5.09 Å². The number of rotatable bonds is 2. The molecule has 7 atom stereocenters. The van der Waals surface area contributed by atoms with Crippen LogP contribution in [0, 0.1) is 44.6 Å². The van der Waals surface area contributed by atoms with Crippen LogP contribution in [0.2, 0.25) is 0 Å². The van der Waals surface area contributed by atoms with E-state index in [1.165, 1.54) is 51.4 Å². The van der Waals surface area contributed by atoms with E-state index in [0.29, 0.717) is 17.3 Å². The summed E-state index contributed by atoms with van der Waals surface area (Å²) in [6.07, 6.45) is 12.4. The predicted molar refractivity (Wildman–Crippen MR) is 88.2 cm³/mol. The SMILES string of the molecule is C[C@@]12CCC[C@H]1[C@@H]1CC(O[N+](=O)[O-])[C@H]3CCCC[C@]3(C)[C@H]1CC2. The van der Waals surface area contributed by atoms with Gasteiger partial charge in [-0.05, 0) is 79.4 Å². The van der Waals surface area contributed by atoms with Gasteiger partial charge in [-0.3, -0.25) is 0 Å². The van der Waals surface area contributed by atoms with Gasteiger partial charge in [0.25, 0.3) is 5.09 Å². The number of nitrogens with zero attached hydrogens (tertiary/aromatic N) is 1. The molecule has 0 aromatic carbocycles. The van der Waals surface area contributed by atoms with E-state index in [9.17, 15) is 10.1 Å². The van der Waals surface area contributed by atoms with Crippen molar-refractivity contribution in [2.24, 2.45) is 34.5 Å². The van der Waals surface area contributed by atoms with Gasteiger partial charge in [0.15, 0.2) is 0 Å². The fourth-order valence-corrected chi connectivity index (χ4v) is 7.54. The molecule has 0 heterocycles. The Morgan fingerprint density at radius 3 is 2.52 bits per heavy atom. The van der Waals surface area contributed by atoms with Crippen LogP contribution >= 0.6 is 0 Å².